The maximum atomic E-state index is 12.7. The molecule has 2 N–H and O–H groups in total. The van der Waals surface area contributed by atoms with Crippen LogP contribution in [0.1, 0.15) is 34.8 Å². The molecule has 2 rings (SSSR count). The Labute approximate surface area is 126 Å². The van der Waals surface area contributed by atoms with Crippen LogP contribution in [0.25, 0.3) is 0 Å². The zero-order valence-corrected chi connectivity index (χ0v) is 12.7. The molecule has 3 heteroatoms. The van der Waals surface area contributed by atoms with Crippen LogP contribution in [0, 0.1) is 6.92 Å². The van der Waals surface area contributed by atoms with Crippen molar-refractivity contribution < 1.29 is 4.79 Å². The lowest BCUT2D eigenvalue weighted by molar-refractivity contribution is 0.0743. The summed E-state index contributed by atoms with van der Waals surface area (Å²) in [6.45, 7) is 5.40. The first kappa shape index (κ1) is 15.1. The summed E-state index contributed by atoms with van der Waals surface area (Å²) in [4.78, 5) is 14.5. The highest BCUT2D eigenvalue weighted by atomic mass is 16.2. The van der Waals surface area contributed by atoms with Crippen LogP contribution in [0.4, 0.5) is 5.69 Å². The van der Waals surface area contributed by atoms with Crippen LogP contribution in [0.5, 0.6) is 0 Å². The number of nitrogens with zero attached hydrogens (tertiary/aromatic N) is 1. The minimum absolute atomic E-state index is 0.0722. The number of carbonyl (C=O) groups excluding carboxylic acids is 1. The maximum absolute atomic E-state index is 12.7. The Hall–Kier alpha value is -2.29. The van der Waals surface area contributed by atoms with Gasteiger partial charge in [-0.25, -0.2) is 0 Å². The van der Waals surface area contributed by atoms with Gasteiger partial charge in [-0.15, -0.1) is 0 Å². The Morgan fingerprint density at radius 3 is 2.57 bits per heavy atom. The van der Waals surface area contributed by atoms with E-state index in [0.717, 1.165) is 35.3 Å². The van der Waals surface area contributed by atoms with E-state index in [1.54, 1.807) is 0 Å². The van der Waals surface area contributed by atoms with Gasteiger partial charge in [-0.2, -0.15) is 0 Å². The molecule has 2 aromatic carbocycles. The maximum Gasteiger partial charge on any atom is 0.254 e. The Morgan fingerprint density at radius 2 is 1.90 bits per heavy atom. The Balaban J connectivity index is 2.20. The van der Waals surface area contributed by atoms with Crippen molar-refractivity contribution in [3.8, 4) is 0 Å². The number of amides is 1. The van der Waals surface area contributed by atoms with Crippen molar-refractivity contribution in [2.75, 3.05) is 12.3 Å². The lowest BCUT2D eigenvalue weighted by atomic mass is 10.1. The van der Waals surface area contributed by atoms with Gasteiger partial charge in [0.05, 0.1) is 0 Å². The van der Waals surface area contributed by atoms with Crippen LogP contribution < -0.4 is 5.73 Å². The second-order valence-corrected chi connectivity index (χ2v) is 5.34. The Bertz CT molecular complexity index is 622. The average molecular weight is 282 g/mol. The van der Waals surface area contributed by atoms with Crippen LogP contribution in [0.3, 0.4) is 0 Å². The second kappa shape index (κ2) is 6.93. The van der Waals surface area contributed by atoms with E-state index in [9.17, 15) is 4.79 Å². The fourth-order valence-electron chi connectivity index (χ4n) is 2.39. The molecule has 0 aliphatic rings. The van der Waals surface area contributed by atoms with Crippen molar-refractivity contribution in [2.45, 2.75) is 26.8 Å². The first-order valence-electron chi connectivity index (χ1n) is 7.30. The number of hydrogen-bond donors (Lipinski definition) is 1. The summed E-state index contributed by atoms with van der Waals surface area (Å²) < 4.78 is 0. The molecule has 0 fully saturated rings. The highest BCUT2D eigenvalue weighted by molar-refractivity contribution is 5.94. The van der Waals surface area contributed by atoms with Crippen LogP contribution >= 0.6 is 0 Å². The third kappa shape index (κ3) is 4.09. The first-order valence-corrected chi connectivity index (χ1v) is 7.30. The summed E-state index contributed by atoms with van der Waals surface area (Å²) in [6, 6.07) is 15.4. The highest BCUT2D eigenvalue weighted by Crippen LogP contribution is 2.14. The number of aryl methyl sites for hydroxylation is 1. The van der Waals surface area contributed by atoms with Crippen molar-refractivity contribution in [3.05, 3.63) is 65.2 Å². The number of hydrogen-bond acceptors (Lipinski definition) is 2. The minimum Gasteiger partial charge on any atom is -0.399 e. The highest BCUT2D eigenvalue weighted by Gasteiger charge is 2.15. The molecule has 0 radical (unpaired) electrons. The summed E-state index contributed by atoms with van der Waals surface area (Å²) in [5.74, 6) is 0.0722. The molecule has 0 aliphatic carbocycles. The third-order valence-electron chi connectivity index (χ3n) is 3.37. The zero-order valence-electron chi connectivity index (χ0n) is 12.7. The predicted octanol–water partition coefficient (Wildman–Crippen LogP) is 3.63. The standard InChI is InChI=1S/C18H22N2O/c1-3-10-20(13-15-7-5-9-17(19)12-15)18(21)16-8-4-6-14(2)11-16/h4-9,11-12H,3,10,13,19H2,1-2H3. The second-order valence-electron chi connectivity index (χ2n) is 5.34. The van der Waals surface area contributed by atoms with Gasteiger partial charge in [0.2, 0.25) is 0 Å². The molecular weight excluding hydrogens is 260 g/mol. The lowest BCUT2D eigenvalue weighted by Crippen LogP contribution is -2.31. The quantitative estimate of drug-likeness (QED) is 0.851. The lowest BCUT2D eigenvalue weighted by Gasteiger charge is -2.22. The van der Waals surface area contributed by atoms with Gasteiger partial charge >= 0.3 is 0 Å². The van der Waals surface area contributed by atoms with Crippen molar-refractivity contribution in [3.63, 3.8) is 0 Å². The smallest absolute Gasteiger partial charge is 0.254 e. The summed E-state index contributed by atoms with van der Waals surface area (Å²) >= 11 is 0. The molecule has 2 aromatic rings. The molecule has 0 unspecified atom stereocenters. The van der Waals surface area contributed by atoms with E-state index in [-0.39, 0.29) is 5.91 Å². The number of benzene rings is 2. The molecule has 21 heavy (non-hydrogen) atoms. The van der Waals surface area contributed by atoms with E-state index in [1.807, 2.05) is 60.4 Å². The van der Waals surface area contributed by atoms with Gasteiger partial charge in [-0.1, -0.05) is 36.8 Å². The molecular formula is C18H22N2O. The largest absolute Gasteiger partial charge is 0.399 e. The van der Waals surface area contributed by atoms with Crippen LogP contribution in [-0.4, -0.2) is 17.4 Å². The zero-order chi connectivity index (χ0) is 15.2. The van der Waals surface area contributed by atoms with Gasteiger partial charge in [0.1, 0.15) is 0 Å². The molecule has 0 aliphatic heterocycles. The number of carbonyl (C=O) groups is 1. The van der Waals surface area contributed by atoms with Crippen molar-refractivity contribution in [1.82, 2.24) is 4.90 Å². The number of nitrogens with two attached hydrogens (primary N) is 1. The van der Waals surface area contributed by atoms with Gasteiger partial charge in [0.25, 0.3) is 5.91 Å². The molecule has 1 amide bonds. The topological polar surface area (TPSA) is 46.3 Å². The van der Waals surface area contributed by atoms with E-state index < -0.39 is 0 Å². The van der Waals surface area contributed by atoms with Gasteiger partial charge < -0.3 is 10.6 Å². The molecule has 3 nitrogen and oxygen atoms in total. The molecule has 0 atom stereocenters. The molecule has 110 valence electrons. The van der Waals surface area contributed by atoms with E-state index >= 15 is 0 Å². The average Bonchev–Trinajstić information content (AvgIpc) is 2.46. The fourth-order valence-corrected chi connectivity index (χ4v) is 2.39. The normalized spacial score (nSPS) is 10.4. The van der Waals surface area contributed by atoms with Crippen LogP contribution in [0.15, 0.2) is 48.5 Å². The van der Waals surface area contributed by atoms with Gasteiger partial charge in [0.15, 0.2) is 0 Å². The van der Waals surface area contributed by atoms with Crippen molar-refractivity contribution in [2.24, 2.45) is 0 Å². The van der Waals surface area contributed by atoms with E-state index in [1.165, 1.54) is 0 Å². The number of rotatable bonds is 5. The summed E-state index contributed by atoms with van der Waals surface area (Å²) in [5.41, 5.74) is 9.44. The van der Waals surface area contributed by atoms with E-state index in [4.69, 9.17) is 5.73 Å². The predicted molar refractivity (Wildman–Crippen MR) is 87.1 cm³/mol. The van der Waals surface area contributed by atoms with Crippen molar-refractivity contribution in [1.29, 1.82) is 0 Å². The van der Waals surface area contributed by atoms with E-state index in [0.29, 0.717) is 6.54 Å². The molecule has 0 bridgehead atoms. The molecule has 0 aromatic heterocycles. The molecule has 0 saturated heterocycles. The SMILES string of the molecule is CCCN(Cc1cccc(N)c1)C(=O)c1cccc(C)c1. The third-order valence-corrected chi connectivity index (χ3v) is 3.37. The van der Waals surface area contributed by atoms with Crippen LogP contribution in [0.2, 0.25) is 0 Å². The molecule has 0 heterocycles. The first-order chi connectivity index (χ1) is 10.1. The Morgan fingerprint density at radius 1 is 1.14 bits per heavy atom. The summed E-state index contributed by atoms with van der Waals surface area (Å²) in [7, 11) is 0. The Kier molecular flexibility index (Phi) is 4.99. The monoisotopic (exact) mass is 282 g/mol. The van der Waals surface area contributed by atoms with Gasteiger partial charge in [-0.3, -0.25) is 4.79 Å². The summed E-state index contributed by atoms with van der Waals surface area (Å²) in [5, 5.41) is 0. The van der Waals surface area contributed by atoms with Gasteiger partial charge in [0, 0.05) is 24.3 Å². The van der Waals surface area contributed by atoms with Gasteiger partial charge in [-0.05, 0) is 43.2 Å². The molecule has 0 saturated carbocycles. The molecule has 0 spiro atoms. The van der Waals surface area contributed by atoms with E-state index in [2.05, 4.69) is 6.92 Å². The fraction of sp³-hybridized carbons (Fsp3) is 0.278. The van der Waals surface area contributed by atoms with Crippen LogP contribution in [-0.2, 0) is 6.54 Å². The number of anilines is 1. The van der Waals surface area contributed by atoms with Crippen molar-refractivity contribution >= 4 is 11.6 Å². The minimum atomic E-state index is 0.0722. The summed E-state index contributed by atoms with van der Waals surface area (Å²) in [6.07, 6.45) is 0.930. The number of nitrogen functional groups attached to an aromatic ring is 1.